The third-order valence-corrected chi connectivity index (χ3v) is 2.27. The van der Waals surface area contributed by atoms with Crippen molar-refractivity contribution in [1.82, 2.24) is 25.5 Å². The van der Waals surface area contributed by atoms with Crippen molar-refractivity contribution in [2.45, 2.75) is 13.5 Å². The predicted molar refractivity (Wildman–Crippen MR) is 56.6 cm³/mol. The van der Waals surface area contributed by atoms with Crippen LogP contribution in [0.2, 0.25) is 0 Å². The normalized spacial score (nSPS) is 10.7. The molecule has 0 fully saturated rings. The molecule has 6 heteroatoms. The fourth-order valence-electron chi connectivity index (χ4n) is 1.47. The van der Waals surface area contributed by atoms with Crippen LogP contribution in [0.3, 0.4) is 0 Å². The Morgan fingerprint density at radius 3 is 3.00 bits per heavy atom. The number of hydrogen-bond acceptors (Lipinski definition) is 4. The van der Waals surface area contributed by atoms with E-state index in [1.807, 2.05) is 6.92 Å². The number of halogens is 1. The molecule has 1 aromatic carbocycles. The molecule has 0 amide bonds. The van der Waals surface area contributed by atoms with Crippen LogP contribution < -0.4 is 5.32 Å². The monoisotopic (exact) mass is 221 g/mol. The minimum atomic E-state index is -0.300. The first-order chi connectivity index (χ1) is 7.72. The van der Waals surface area contributed by atoms with Crippen LogP contribution in [0, 0.1) is 12.7 Å². The fourth-order valence-corrected chi connectivity index (χ4v) is 1.47. The average Bonchev–Trinajstić information content (AvgIpc) is 2.70. The molecule has 1 heterocycles. The third kappa shape index (κ3) is 1.92. The number of benzene rings is 1. The van der Waals surface area contributed by atoms with Crippen molar-refractivity contribution in [1.29, 1.82) is 0 Å². The minimum absolute atomic E-state index is 0.300. The van der Waals surface area contributed by atoms with Gasteiger partial charge < -0.3 is 5.32 Å². The highest BCUT2D eigenvalue weighted by atomic mass is 19.1. The SMILES string of the molecule is CNCc1nnnn1-c1cc(F)ccc1C. The Hall–Kier alpha value is -1.82. The highest BCUT2D eigenvalue weighted by Gasteiger charge is 2.10. The minimum Gasteiger partial charge on any atom is -0.313 e. The maximum atomic E-state index is 13.2. The number of rotatable bonds is 3. The molecule has 1 N–H and O–H groups in total. The Morgan fingerprint density at radius 2 is 2.25 bits per heavy atom. The first kappa shape index (κ1) is 10.7. The second kappa shape index (κ2) is 4.36. The number of nitrogens with zero attached hydrogens (tertiary/aromatic N) is 4. The van der Waals surface area contributed by atoms with Crippen molar-refractivity contribution in [2.75, 3.05) is 7.05 Å². The molecule has 0 unspecified atom stereocenters. The fraction of sp³-hybridized carbons (Fsp3) is 0.300. The topological polar surface area (TPSA) is 55.6 Å². The zero-order valence-electron chi connectivity index (χ0n) is 9.11. The molecule has 16 heavy (non-hydrogen) atoms. The van der Waals surface area contributed by atoms with Crippen molar-refractivity contribution in [3.63, 3.8) is 0 Å². The third-order valence-electron chi connectivity index (χ3n) is 2.27. The van der Waals surface area contributed by atoms with Gasteiger partial charge >= 0.3 is 0 Å². The molecule has 0 saturated carbocycles. The van der Waals surface area contributed by atoms with E-state index >= 15 is 0 Å². The molecule has 5 nitrogen and oxygen atoms in total. The Kier molecular flexibility index (Phi) is 2.91. The summed E-state index contributed by atoms with van der Waals surface area (Å²) in [6.07, 6.45) is 0. The Balaban J connectivity index is 2.49. The predicted octanol–water partition coefficient (Wildman–Crippen LogP) is 0.829. The van der Waals surface area contributed by atoms with E-state index in [1.54, 1.807) is 13.1 Å². The standard InChI is InChI=1S/C10H12FN5/c1-7-3-4-8(11)5-9(7)16-10(6-12-2)13-14-15-16/h3-5,12H,6H2,1-2H3. The van der Waals surface area contributed by atoms with E-state index in [0.29, 0.717) is 18.1 Å². The van der Waals surface area contributed by atoms with E-state index in [1.165, 1.54) is 16.8 Å². The average molecular weight is 221 g/mol. The van der Waals surface area contributed by atoms with Crippen molar-refractivity contribution in [2.24, 2.45) is 0 Å². The molecule has 0 radical (unpaired) electrons. The summed E-state index contributed by atoms with van der Waals surface area (Å²) in [4.78, 5) is 0. The second-order valence-electron chi connectivity index (χ2n) is 3.47. The Bertz CT molecular complexity index is 494. The first-order valence-corrected chi connectivity index (χ1v) is 4.90. The van der Waals surface area contributed by atoms with Crippen molar-refractivity contribution < 1.29 is 4.39 Å². The lowest BCUT2D eigenvalue weighted by atomic mass is 10.2. The summed E-state index contributed by atoms with van der Waals surface area (Å²) in [6.45, 7) is 2.42. The van der Waals surface area contributed by atoms with E-state index in [4.69, 9.17) is 0 Å². The lowest BCUT2D eigenvalue weighted by Gasteiger charge is -2.07. The van der Waals surface area contributed by atoms with E-state index in [-0.39, 0.29) is 5.82 Å². The quantitative estimate of drug-likeness (QED) is 0.834. The van der Waals surface area contributed by atoms with Crippen molar-refractivity contribution in [3.8, 4) is 5.69 Å². The zero-order chi connectivity index (χ0) is 11.5. The van der Waals surface area contributed by atoms with Gasteiger partial charge in [-0.05, 0) is 42.1 Å². The molecule has 0 aliphatic rings. The van der Waals surface area contributed by atoms with Gasteiger partial charge in [-0.1, -0.05) is 6.07 Å². The van der Waals surface area contributed by atoms with Gasteiger partial charge in [0.2, 0.25) is 0 Å². The summed E-state index contributed by atoms with van der Waals surface area (Å²) >= 11 is 0. The van der Waals surface area contributed by atoms with Crippen LogP contribution in [0.15, 0.2) is 18.2 Å². The molecular formula is C10H12FN5. The summed E-state index contributed by atoms with van der Waals surface area (Å²) in [5.74, 6) is 0.350. The van der Waals surface area contributed by atoms with Gasteiger partial charge in [-0.2, -0.15) is 4.68 Å². The van der Waals surface area contributed by atoms with Crippen LogP contribution >= 0.6 is 0 Å². The van der Waals surface area contributed by atoms with E-state index in [9.17, 15) is 4.39 Å². The van der Waals surface area contributed by atoms with Gasteiger partial charge in [0, 0.05) is 0 Å². The van der Waals surface area contributed by atoms with Crippen molar-refractivity contribution >= 4 is 0 Å². The highest BCUT2D eigenvalue weighted by molar-refractivity contribution is 5.40. The summed E-state index contributed by atoms with van der Waals surface area (Å²) in [6, 6.07) is 4.54. The summed E-state index contributed by atoms with van der Waals surface area (Å²) < 4.78 is 14.7. The van der Waals surface area contributed by atoms with Gasteiger partial charge in [-0.25, -0.2) is 4.39 Å². The smallest absolute Gasteiger partial charge is 0.170 e. The van der Waals surface area contributed by atoms with Gasteiger partial charge in [0.25, 0.3) is 0 Å². The zero-order valence-corrected chi connectivity index (χ0v) is 9.11. The lowest BCUT2D eigenvalue weighted by molar-refractivity contribution is 0.622. The largest absolute Gasteiger partial charge is 0.313 e. The molecule has 0 spiro atoms. The lowest BCUT2D eigenvalue weighted by Crippen LogP contribution is -2.13. The number of hydrogen-bond donors (Lipinski definition) is 1. The summed E-state index contributed by atoms with van der Waals surface area (Å²) in [7, 11) is 1.80. The van der Waals surface area contributed by atoms with Crippen LogP contribution in [0.1, 0.15) is 11.4 Å². The molecule has 0 aliphatic heterocycles. The van der Waals surface area contributed by atoms with Crippen LogP contribution in [-0.4, -0.2) is 27.3 Å². The number of aromatic nitrogens is 4. The van der Waals surface area contributed by atoms with E-state index in [2.05, 4.69) is 20.8 Å². The van der Waals surface area contributed by atoms with Crippen LogP contribution in [0.25, 0.3) is 5.69 Å². The molecule has 84 valence electrons. The molecule has 2 aromatic rings. The first-order valence-electron chi connectivity index (χ1n) is 4.90. The molecule has 2 rings (SSSR count). The molecule has 0 saturated heterocycles. The van der Waals surface area contributed by atoms with Crippen LogP contribution in [-0.2, 0) is 6.54 Å². The molecule has 1 aromatic heterocycles. The highest BCUT2D eigenvalue weighted by Crippen LogP contribution is 2.15. The van der Waals surface area contributed by atoms with Gasteiger partial charge in [-0.15, -0.1) is 5.10 Å². The van der Waals surface area contributed by atoms with E-state index in [0.717, 1.165) is 5.56 Å². The van der Waals surface area contributed by atoms with Gasteiger partial charge in [0.05, 0.1) is 12.2 Å². The van der Waals surface area contributed by atoms with Gasteiger partial charge in [0.1, 0.15) is 5.82 Å². The number of nitrogens with one attached hydrogen (secondary N) is 1. The second-order valence-corrected chi connectivity index (χ2v) is 3.47. The number of aryl methyl sites for hydroxylation is 1. The summed E-state index contributed by atoms with van der Waals surface area (Å²) in [5, 5.41) is 14.3. The van der Waals surface area contributed by atoms with Gasteiger partial charge in [0.15, 0.2) is 5.82 Å². The van der Waals surface area contributed by atoms with Gasteiger partial charge in [-0.3, -0.25) is 0 Å². The molecular weight excluding hydrogens is 209 g/mol. The van der Waals surface area contributed by atoms with Crippen LogP contribution in [0.4, 0.5) is 4.39 Å². The Labute approximate surface area is 92.3 Å². The van der Waals surface area contributed by atoms with E-state index < -0.39 is 0 Å². The van der Waals surface area contributed by atoms with Crippen molar-refractivity contribution in [3.05, 3.63) is 35.4 Å². The maximum absolute atomic E-state index is 13.2. The summed E-state index contributed by atoms with van der Waals surface area (Å²) in [5.41, 5.74) is 1.58. The molecule has 0 atom stereocenters. The van der Waals surface area contributed by atoms with Crippen LogP contribution in [0.5, 0.6) is 0 Å². The molecule has 0 aliphatic carbocycles. The number of tetrazole rings is 1. The maximum Gasteiger partial charge on any atom is 0.170 e. The Morgan fingerprint density at radius 1 is 1.44 bits per heavy atom. The molecule has 0 bridgehead atoms.